The van der Waals surface area contributed by atoms with Gasteiger partial charge in [0, 0.05) is 16.6 Å². The van der Waals surface area contributed by atoms with E-state index < -0.39 is 11.9 Å². The molecule has 2 amide bonds. The first-order chi connectivity index (χ1) is 18.4. The number of halogens is 1. The molecule has 1 aliphatic carbocycles. The molecule has 4 rings (SSSR count). The summed E-state index contributed by atoms with van der Waals surface area (Å²) in [4.78, 5) is 30.2. The van der Waals surface area contributed by atoms with Gasteiger partial charge in [0.15, 0.2) is 11.5 Å². The Bertz CT molecular complexity index is 1220. The first kappa shape index (κ1) is 27.4. The van der Waals surface area contributed by atoms with Crippen LogP contribution in [0, 0.1) is 5.82 Å². The molecule has 2 aromatic carbocycles. The van der Waals surface area contributed by atoms with Crippen LogP contribution in [0.25, 0.3) is 0 Å². The Balaban J connectivity index is 1.85. The minimum atomic E-state index is -1.11. The van der Waals surface area contributed by atoms with Crippen LogP contribution in [0.2, 0.25) is 0 Å². The maximum Gasteiger partial charge on any atom is 0.248 e. The SMILES string of the molecule is COc1cc([C@H](C(=O)NC2CCCCC2)N(C(=O)Cc2cccs2)c2cccc(F)c2)cc(OC)c1OC. The van der Waals surface area contributed by atoms with Gasteiger partial charge in [-0.1, -0.05) is 31.4 Å². The van der Waals surface area contributed by atoms with Gasteiger partial charge in [-0.2, -0.15) is 0 Å². The number of anilines is 1. The molecule has 1 heterocycles. The molecule has 1 fully saturated rings. The van der Waals surface area contributed by atoms with Crippen molar-refractivity contribution in [3.63, 3.8) is 0 Å². The molecular weight excluding hydrogens is 507 g/mol. The van der Waals surface area contributed by atoms with E-state index in [0.717, 1.165) is 37.0 Å². The molecule has 9 heteroatoms. The molecule has 1 atom stereocenters. The second kappa shape index (κ2) is 12.8. The van der Waals surface area contributed by atoms with E-state index in [-0.39, 0.29) is 30.0 Å². The largest absolute Gasteiger partial charge is 0.493 e. The first-order valence-corrected chi connectivity index (χ1v) is 13.5. The van der Waals surface area contributed by atoms with Gasteiger partial charge in [-0.15, -0.1) is 11.3 Å². The van der Waals surface area contributed by atoms with Gasteiger partial charge in [-0.05, 0) is 60.2 Å². The summed E-state index contributed by atoms with van der Waals surface area (Å²) in [7, 11) is 4.48. The van der Waals surface area contributed by atoms with Crippen molar-refractivity contribution in [1.29, 1.82) is 0 Å². The van der Waals surface area contributed by atoms with Gasteiger partial charge in [-0.25, -0.2) is 4.39 Å². The van der Waals surface area contributed by atoms with E-state index in [2.05, 4.69) is 5.32 Å². The number of thiophene rings is 1. The highest BCUT2D eigenvalue weighted by molar-refractivity contribution is 7.10. The molecular formula is C29H33FN2O5S. The summed E-state index contributed by atoms with van der Waals surface area (Å²) in [6.07, 6.45) is 5.01. The summed E-state index contributed by atoms with van der Waals surface area (Å²) >= 11 is 1.45. The van der Waals surface area contributed by atoms with Crippen molar-refractivity contribution in [2.24, 2.45) is 0 Å². The number of hydrogen-bond acceptors (Lipinski definition) is 6. The quantitative estimate of drug-likeness (QED) is 0.358. The average Bonchev–Trinajstić information content (AvgIpc) is 3.44. The van der Waals surface area contributed by atoms with Crippen molar-refractivity contribution >= 4 is 28.8 Å². The van der Waals surface area contributed by atoms with Crippen molar-refractivity contribution in [3.05, 3.63) is 70.2 Å². The lowest BCUT2D eigenvalue weighted by Crippen LogP contribution is -2.47. The minimum Gasteiger partial charge on any atom is -0.493 e. The zero-order valence-corrected chi connectivity index (χ0v) is 22.7. The van der Waals surface area contributed by atoms with Crippen molar-refractivity contribution in [2.75, 3.05) is 26.2 Å². The molecule has 1 aliphatic rings. The number of ether oxygens (including phenoxy) is 3. The Morgan fingerprint density at radius 2 is 1.71 bits per heavy atom. The molecule has 7 nitrogen and oxygen atoms in total. The standard InChI is InChI=1S/C29H33FN2O5S/c1-35-24-15-19(16-25(36-2)28(24)37-3)27(29(34)31-21-10-5-4-6-11-21)32(22-12-7-9-20(30)17-22)26(33)18-23-13-8-14-38-23/h7-9,12-17,21,27H,4-6,10-11,18H2,1-3H3,(H,31,34)/t27-/m1/s1. The lowest BCUT2D eigenvalue weighted by molar-refractivity contribution is -0.127. The predicted octanol–water partition coefficient (Wildman–Crippen LogP) is 5.68. The van der Waals surface area contributed by atoms with Crippen LogP contribution in [0.5, 0.6) is 17.2 Å². The molecule has 3 aromatic rings. The third kappa shape index (κ3) is 6.27. The monoisotopic (exact) mass is 540 g/mol. The van der Waals surface area contributed by atoms with E-state index in [1.165, 1.54) is 55.8 Å². The van der Waals surface area contributed by atoms with E-state index in [4.69, 9.17) is 14.2 Å². The molecule has 0 bridgehead atoms. The third-order valence-corrected chi connectivity index (χ3v) is 7.60. The van der Waals surface area contributed by atoms with Crippen LogP contribution in [0.4, 0.5) is 10.1 Å². The summed E-state index contributed by atoms with van der Waals surface area (Å²) in [5, 5.41) is 5.05. The number of carbonyl (C=O) groups is 2. The third-order valence-electron chi connectivity index (χ3n) is 6.72. The number of nitrogens with zero attached hydrogens (tertiary/aromatic N) is 1. The fourth-order valence-corrected chi connectivity index (χ4v) is 5.61. The van der Waals surface area contributed by atoms with Crippen molar-refractivity contribution < 1.29 is 28.2 Å². The number of nitrogens with one attached hydrogen (secondary N) is 1. The molecule has 1 saturated carbocycles. The molecule has 0 spiro atoms. The normalized spacial score (nSPS) is 14.4. The smallest absolute Gasteiger partial charge is 0.248 e. The van der Waals surface area contributed by atoms with E-state index in [1.807, 2.05) is 17.5 Å². The van der Waals surface area contributed by atoms with E-state index in [1.54, 1.807) is 18.2 Å². The summed E-state index contributed by atoms with van der Waals surface area (Å²) < 4.78 is 31.0. The highest BCUT2D eigenvalue weighted by Crippen LogP contribution is 2.42. The second-order valence-corrected chi connectivity index (χ2v) is 10.2. The van der Waals surface area contributed by atoms with Gasteiger partial charge in [0.05, 0.1) is 27.8 Å². The zero-order chi connectivity index (χ0) is 27.1. The van der Waals surface area contributed by atoms with Crippen LogP contribution >= 0.6 is 11.3 Å². The van der Waals surface area contributed by atoms with Gasteiger partial charge < -0.3 is 19.5 Å². The summed E-state index contributed by atoms with van der Waals surface area (Å²) in [6, 6.07) is 11.7. The number of hydrogen-bond donors (Lipinski definition) is 1. The molecule has 202 valence electrons. The molecule has 0 saturated heterocycles. The van der Waals surface area contributed by atoms with Crippen molar-refractivity contribution in [1.82, 2.24) is 5.32 Å². The van der Waals surface area contributed by atoms with Gasteiger partial charge in [0.2, 0.25) is 17.6 Å². The number of amides is 2. The van der Waals surface area contributed by atoms with Crippen LogP contribution in [0.1, 0.15) is 48.6 Å². The topological polar surface area (TPSA) is 77.1 Å². The fraction of sp³-hybridized carbons (Fsp3) is 0.379. The maximum atomic E-state index is 14.5. The molecule has 0 unspecified atom stereocenters. The minimum absolute atomic E-state index is 0.00236. The maximum absolute atomic E-state index is 14.5. The molecule has 1 N–H and O–H groups in total. The number of benzene rings is 2. The number of carbonyl (C=O) groups excluding carboxylic acids is 2. The lowest BCUT2D eigenvalue weighted by Gasteiger charge is -2.34. The van der Waals surface area contributed by atoms with Crippen LogP contribution in [0.15, 0.2) is 53.9 Å². The molecule has 1 aromatic heterocycles. The zero-order valence-electron chi connectivity index (χ0n) is 21.9. The first-order valence-electron chi connectivity index (χ1n) is 12.7. The molecule has 0 radical (unpaired) electrons. The van der Waals surface area contributed by atoms with Crippen LogP contribution in [-0.2, 0) is 16.0 Å². The highest BCUT2D eigenvalue weighted by atomic mass is 32.1. The van der Waals surface area contributed by atoms with Gasteiger partial charge in [0.25, 0.3) is 0 Å². The molecule has 38 heavy (non-hydrogen) atoms. The fourth-order valence-electron chi connectivity index (χ4n) is 4.91. The Morgan fingerprint density at radius 3 is 2.29 bits per heavy atom. The van der Waals surface area contributed by atoms with Crippen LogP contribution in [0.3, 0.4) is 0 Å². The predicted molar refractivity (Wildman–Crippen MR) is 146 cm³/mol. The average molecular weight is 541 g/mol. The highest BCUT2D eigenvalue weighted by Gasteiger charge is 2.35. The van der Waals surface area contributed by atoms with E-state index in [9.17, 15) is 14.0 Å². The Labute approximate surface area is 226 Å². The van der Waals surface area contributed by atoms with Crippen LogP contribution in [-0.4, -0.2) is 39.2 Å². The van der Waals surface area contributed by atoms with E-state index >= 15 is 0 Å². The summed E-state index contributed by atoms with van der Waals surface area (Å²) in [5.74, 6) is -0.129. The van der Waals surface area contributed by atoms with Gasteiger partial charge >= 0.3 is 0 Å². The lowest BCUT2D eigenvalue weighted by atomic mass is 9.94. The van der Waals surface area contributed by atoms with Crippen molar-refractivity contribution in [2.45, 2.75) is 50.6 Å². The van der Waals surface area contributed by atoms with E-state index in [0.29, 0.717) is 22.8 Å². The Hall–Kier alpha value is -3.59. The second-order valence-electron chi connectivity index (χ2n) is 9.20. The Morgan fingerprint density at radius 1 is 1.00 bits per heavy atom. The molecule has 0 aliphatic heterocycles. The summed E-state index contributed by atoms with van der Waals surface area (Å²) in [5.41, 5.74) is 0.737. The van der Waals surface area contributed by atoms with Gasteiger partial charge in [0.1, 0.15) is 11.9 Å². The van der Waals surface area contributed by atoms with Gasteiger partial charge in [-0.3, -0.25) is 14.5 Å². The van der Waals surface area contributed by atoms with Crippen LogP contribution < -0.4 is 24.4 Å². The summed E-state index contributed by atoms with van der Waals surface area (Å²) in [6.45, 7) is 0. The Kier molecular flexibility index (Phi) is 9.23. The van der Waals surface area contributed by atoms with Crippen molar-refractivity contribution in [3.8, 4) is 17.2 Å². The number of rotatable bonds is 10. The number of methoxy groups -OCH3 is 3.